The van der Waals surface area contributed by atoms with Gasteiger partial charge < -0.3 is 50.7 Å². The van der Waals surface area contributed by atoms with Crippen LogP contribution < -0.4 is 15.8 Å². The van der Waals surface area contributed by atoms with E-state index in [4.69, 9.17) is 19.9 Å². The maximum atomic E-state index is 13.0. The number of carbonyl (C=O) groups excluding carboxylic acids is 2. The normalized spacial score (nSPS) is 28.0. The Hall–Kier alpha value is -4.94. The van der Waals surface area contributed by atoms with Gasteiger partial charge in [0, 0.05) is 51.2 Å². The fourth-order valence-electron chi connectivity index (χ4n) is 12.2. The zero-order valence-corrected chi connectivity index (χ0v) is 36.7. The van der Waals surface area contributed by atoms with Crippen molar-refractivity contribution in [2.24, 2.45) is 53.1 Å². The van der Waals surface area contributed by atoms with Gasteiger partial charge in [0.2, 0.25) is 0 Å². The van der Waals surface area contributed by atoms with Crippen LogP contribution in [0.1, 0.15) is 107 Å². The van der Waals surface area contributed by atoms with Gasteiger partial charge in [-0.15, -0.1) is 0 Å². The summed E-state index contributed by atoms with van der Waals surface area (Å²) < 4.78 is 18.1. The molecule has 2 aromatic carbocycles. The second-order valence-electron chi connectivity index (χ2n) is 18.7. The van der Waals surface area contributed by atoms with Crippen LogP contribution in [0.3, 0.4) is 0 Å². The highest BCUT2D eigenvalue weighted by molar-refractivity contribution is 5.79. The number of aliphatic hydroxyl groups is 2. The van der Waals surface area contributed by atoms with Crippen molar-refractivity contribution < 1.29 is 44.2 Å². The van der Waals surface area contributed by atoms with E-state index in [1.54, 1.807) is 18.2 Å². The molecule has 0 radical (unpaired) electrons. The van der Waals surface area contributed by atoms with Gasteiger partial charge in [-0.1, -0.05) is 32.1 Å². The summed E-state index contributed by atoms with van der Waals surface area (Å²) in [7, 11) is 0. The van der Waals surface area contributed by atoms with Crippen molar-refractivity contribution in [2.75, 3.05) is 26.4 Å². The van der Waals surface area contributed by atoms with Crippen molar-refractivity contribution >= 4 is 17.5 Å². The van der Waals surface area contributed by atoms with Crippen molar-refractivity contribution in [1.82, 2.24) is 10.3 Å². The standard InChI is InChI=1S/C50H67N3O9/c1-28(2)39-24-44-43-20-34(39)17-35(18-36(27-55)41(43)25-42(31-7-5-8-37(58)19-31)50(44)45-9-6-13-52-45)47(62-30(4)57)23-38(61-29(3)56)11-10-32-21-48(60-16-15-54)46(59)26-40(32)33-12-14-53-49(51)22-33/h5-9,12-13,19,21-22,26,28,34-36,38-39,41-44,47,50,52-55,58-59H,10-11,14-18,20,23-25,27,51H2,1-4H3/t34-,35-,36-,38-,39-,41-,42+,43-,44-,47-,50+/m1/s1. The van der Waals surface area contributed by atoms with Crippen molar-refractivity contribution in [3.8, 4) is 17.2 Å². The van der Waals surface area contributed by atoms with Gasteiger partial charge in [-0.3, -0.25) is 9.59 Å². The summed E-state index contributed by atoms with van der Waals surface area (Å²) in [5.41, 5.74) is 10.9. The van der Waals surface area contributed by atoms with Gasteiger partial charge in [-0.2, -0.15) is 0 Å². The largest absolute Gasteiger partial charge is 0.508 e. The van der Waals surface area contributed by atoms with Gasteiger partial charge in [0.15, 0.2) is 11.5 Å². The van der Waals surface area contributed by atoms with E-state index in [1.807, 2.05) is 30.5 Å². The molecule has 11 atom stereocenters. The van der Waals surface area contributed by atoms with Gasteiger partial charge in [0.25, 0.3) is 0 Å². The van der Waals surface area contributed by atoms with Crippen LogP contribution >= 0.6 is 0 Å². The highest BCUT2D eigenvalue weighted by Crippen LogP contribution is 2.62. The van der Waals surface area contributed by atoms with Crippen LogP contribution in [0, 0.1) is 47.3 Å². The number of nitrogens with two attached hydrogens (primary N) is 1. The van der Waals surface area contributed by atoms with Gasteiger partial charge >= 0.3 is 11.9 Å². The topological polar surface area (TPSA) is 197 Å². The number of aromatic nitrogens is 1. The first-order valence-electron chi connectivity index (χ1n) is 22.7. The SMILES string of the molecule is CC(=O)O[C@H](CCc1cc(OCCO)c(O)cc1C1=CCNC(N)=C1)C[C@@H](OC(C)=O)[C@H]1C[C@H](CO)[C@H]2C[C@@H](c3cccc(O)c3)[C@H](c3ccc[nH]3)[C@@H]3C[C@H](C(C)C)[C@H](C1)C[C@H]23. The van der Waals surface area contributed by atoms with E-state index in [-0.39, 0.29) is 66.7 Å². The summed E-state index contributed by atoms with van der Waals surface area (Å²) in [6, 6.07) is 15.4. The number of benzene rings is 2. The average molecular weight is 854 g/mol. The van der Waals surface area contributed by atoms with Crippen LogP contribution in [0.2, 0.25) is 0 Å². The molecule has 4 aliphatic rings. The predicted octanol–water partition coefficient (Wildman–Crippen LogP) is 7.29. The first-order chi connectivity index (χ1) is 29.8. The van der Waals surface area contributed by atoms with E-state index in [0.29, 0.717) is 67.6 Å². The molecular weight excluding hydrogens is 787 g/mol. The number of phenolic OH excluding ortho intramolecular Hbond substituents is 2. The summed E-state index contributed by atoms with van der Waals surface area (Å²) in [5.74, 6) is 2.56. The first kappa shape index (κ1) is 45.1. The molecule has 12 heteroatoms. The quantitative estimate of drug-likeness (QED) is 0.0715. The number of H-pyrrole nitrogens is 1. The van der Waals surface area contributed by atoms with Crippen molar-refractivity contribution in [2.45, 2.75) is 103 Å². The number of fused-ring (bicyclic) bond motifs is 1. The van der Waals surface area contributed by atoms with E-state index in [2.05, 4.69) is 42.3 Å². The molecule has 12 nitrogen and oxygen atoms in total. The van der Waals surface area contributed by atoms with E-state index in [0.717, 1.165) is 47.9 Å². The lowest BCUT2D eigenvalue weighted by atomic mass is 9.47. The fourth-order valence-corrected chi connectivity index (χ4v) is 12.2. The summed E-state index contributed by atoms with van der Waals surface area (Å²) in [5, 5.41) is 45.5. The number of rotatable bonds is 16. The molecule has 3 aliphatic carbocycles. The minimum atomic E-state index is -0.614. The summed E-state index contributed by atoms with van der Waals surface area (Å²) in [4.78, 5) is 29.4. The Labute approximate surface area is 365 Å². The Bertz CT molecular complexity index is 2060. The van der Waals surface area contributed by atoms with Gasteiger partial charge in [0.1, 0.15) is 24.6 Å². The number of carbonyl (C=O) groups is 2. The van der Waals surface area contributed by atoms with Crippen LogP contribution in [-0.2, 0) is 25.5 Å². The van der Waals surface area contributed by atoms with Crippen LogP contribution in [-0.4, -0.2) is 75.9 Å². The minimum absolute atomic E-state index is 0.00690. The number of esters is 2. The monoisotopic (exact) mass is 853 g/mol. The van der Waals surface area contributed by atoms with E-state index < -0.39 is 24.1 Å². The zero-order valence-electron chi connectivity index (χ0n) is 36.7. The van der Waals surface area contributed by atoms with Crippen LogP contribution in [0.25, 0.3) is 5.57 Å². The third-order valence-electron chi connectivity index (χ3n) is 14.6. The number of dihydropyridines is 1. The Kier molecular flexibility index (Phi) is 14.6. The summed E-state index contributed by atoms with van der Waals surface area (Å²) in [6.07, 6.45) is 10.2. The highest BCUT2D eigenvalue weighted by Gasteiger charge is 2.54. The second kappa shape index (κ2) is 20.1. The number of aryl methyl sites for hydroxylation is 1. The van der Waals surface area contributed by atoms with Crippen molar-refractivity contribution in [3.05, 3.63) is 95.1 Å². The molecule has 3 aromatic rings. The smallest absolute Gasteiger partial charge is 0.302 e. The van der Waals surface area contributed by atoms with Crippen LogP contribution in [0.15, 0.2) is 72.7 Å². The molecule has 1 aliphatic heterocycles. The molecule has 0 unspecified atom stereocenters. The number of phenols is 2. The third kappa shape index (κ3) is 10.3. The molecule has 336 valence electrons. The van der Waals surface area contributed by atoms with Crippen molar-refractivity contribution in [3.63, 3.8) is 0 Å². The lowest BCUT2D eigenvalue weighted by molar-refractivity contribution is -0.158. The molecule has 62 heavy (non-hydrogen) atoms. The van der Waals surface area contributed by atoms with E-state index in [9.17, 15) is 30.0 Å². The number of hydrogen-bond acceptors (Lipinski definition) is 11. The Balaban J connectivity index is 1.21. The second-order valence-corrected chi connectivity index (χ2v) is 18.7. The number of aromatic amines is 1. The average Bonchev–Trinajstić information content (AvgIpc) is 3.76. The lowest BCUT2D eigenvalue weighted by Gasteiger charge is -2.57. The molecule has 3 fully saturated rings. The van der Waals surface area contributed by atoms with Gasteiger partial charge in [-0.05, 0) is 163 Å². The Morgan fingerprint density at radius 3 is 2.40 bits per heavy atom. The number of aliphatic hydroxyl groups excluding tert-OH is 2. The molecule has 1 aromatic heterocycles. The number of hydrogen-bond donors (Lipinski definition) is 7. The number of ether oxygens (including phenoxy) is 3. The predicted molar refractivity (Wildman–Crippen MR) is 237 cm³/mol. The molecule has 8 N–H and O–H groups in total. The maximum Gasteiger partial charge on any atom is 0.302 e. The molecular formula is C50H67N3O9. The van der Waals surface area contributed by atoms with Crippen LogP contribution in [0.5, 0.6) is 17.2 Å². The number of nitrogens with one attached hydrogen (secondary N) is 2. The molecule has 2 bridgehead atoms. The molecule has 3 saturated carbocycles. The fraction of sp³-hybridized carbons (Fsp3) is 0.560. The summed E-state index contributed by atoms with van der Waals surface area (Å²) in [6.45, 7) is 7.80. The minimum Gasteiger partial charge on any atom is -0.508 e. The molecule has 0 spiro atoms. The van der Waals surface area contributed by atoms with Gasteiger partial charge in [-0.25, -0.2) is 0 Å². The molecule has 7 rings (SSSR count). The van der Waals surface area contributed by atoms with E-state index >= 15 is 0 Å². The Morgan fingerprint density at radius 1 is 0.919 bits per heavy atom. The third-order valence-corrected chi connectivity index (χ3v) is 14.6. The maximum absolute atomic E-state index is 13.0. The number of aromatic hydroxyl groups is 2. The van der Waals surface area contributed by atoms with Crippen LogP contribution in [0.4, 0.5) is 0 Å². The Morgan fingerprint density at radius 2 is 1.73 bits per heavy atom. The summed E-state index contributed by atoms with van der Waals surface area (Å²) >= 11 is 0. The lowest BCUT2D eigenvalue weighted by Crippen LogP contribution is -2.50. The molecule has 0 saturated heterocycles. The zero-order chi connectivity index (χ0) is 44.1. The van der Waals surface area contributed by atoms with Crippen molar-refractivity contribution in [1.29, 1.82) is 0 Å². The van der Waals surface area contributed by atoms with Gasteiger partial charge in [0.05, 0.1) is 12.4 Å². The van der Waals surface area contributed by atoms with E-state index in [1.165, 1.54) is 19.5 Å². The molecule has 2 heterocycles. The highest BCUT2D eigenvalue weighted by atomic mass is 16.6. The first-order valence-corrected chi connectivity index (χ1v) is 22.7. The number of allylic oxidation sites excluding steroid dienone is 2. The molecule has 0 amide bonds.